The maximum atomic E-state index is 11.9. The van der Waals surface area contributed by atoms with Gasteiger partial charge in [0.15, 0.2) is 0 Å². The Morgan fingerprint density at radius 2 is 1.75 bits per heavy atom. The van der Waals surface area contributed by atoms with Crippen LogP contribution in [0.3, 0.4) is 0 Å². The van der Waals surface area contributed by atoms with E-state index in [-0.39, 0.29) is 5.91 Å². The molecule has 0 aliphatic heterocycles. The third-order valence-electron chi connectivity index (χ3n) is 3.31. The summed E-state index contributed by atoms with van der Waals surface area (Å²) in [7, 11) is 0. The number of hydrogen-bond donors (Lipinski definition) is 3. The van der Waals surface area contributed by atoms with Crippen molar-refractivity contribution in [1.29, 1.82) is 0 Å². The standard InChI is InChI=1S/C18H15N3O3/c19-17(22)12-3-1-4-15(11-12)24-14-8-6-13(7-9-14)21-18(23)16-5-2-10-20-16/h1-11,20H,(H2,19,22)(H,21,23). The molecule has 0 bridgehead atoms. The molecule has 24 heavy (non-hydrogen) atoms. The molecule has 4 N–H and O–H groups in total. The molecule has 0 aliphatic rings. The molecule has 0 aliphatic carbocycles. The number of H-pyrrole nitrogens is 1. The Morgan fingerprint density at radius 3 is 2.42 bits per heavy atom. The molecule has 0 radical (unpaired) electrons. The summed E-state index contributed by atoms with van der Waals surface area (Å²) in [5, 5.41) is 2.77. The lowest BCUT2D eigenvalue weighted by Gasteiger charge is -2.08. The SMILES string of the molecule is NC(=O)c1cccc(Oc2ccc(NC(=O)c3ccc[nH]3)cc2)c1. The van der Waals surface area contributed by atoms with E-state index in [0.29, 0.717) is 28.4 Å². The van der Waals surface area contributed by atoms with Crippen molar-refractivity contribution in [2.75, 3.05) is 5.32 Å². The Morgan fingerprint density at radius 1 is 0.958 bits per heavy atom. The van der Waals surface area contributed by atoms with Gasteiger partial charge < -0.3 is 20.8 Å². The maximum Gasteiger partial charge on any atom is 0.272 e. The van der Waals surface area contributed by atoms with E-state index in [4.69, 9.17) is 10.5 Å². The molecule has 3 rings (SSSR count). The highest BCUT2D eigenvalue weighted by molar-refractivity contribution is 6.02. The van der Waals surface area contributed by atoms with Crippen molar-refractivity contribution < 1.29 is 14.3 Å². The Bertz CT molecular complexity index is 855. The third kappa shape index (κ3) is 3.61. The minimum absolute atomic E-state index is 0.220. The average Bonchev–Trinajstić information content (AvgIpc) is 3.11. The van der Waals surface area contributed by atoms with E-state index in [2.05, 4.69) is 10.3 Å². The quantitative estimate of drug-likeness (QED) is 0.673. The molecular weight excluding hydrogens is 306 g/mol. The van der Waals surface area contributed by atoms with Crippen LogP contribution in [0.15, 0.2) is 66.9 Å². The van der Waals surface area contributed by atoms with Gasteiger partial charge in [0.25, 0.3) is 5.91 Å². The summed E-state index contributed by atoms with van der Waals surface area (Å²) in [5.74, 6) is 0.356. The minimum Gasteiger partial charge on any atom is -0.457 e. The lowest BCUT2D eigenvalue weighted by atomic mass is 10.2. The van der Waals surface area contributed by atoms with E-state index in [1.54, 1.807) is 66.9 Å². The van der Waals surface area contributed by atoms with Crippen molar-refractivity contribution in [1.82, 2.24) is 4.98 Å². The summed E-state index contributed by atoms with van der Waals surface area (Å²) < 4.78 is 5.67. The van der Waals surface area contributed by atoms with Crippen molar-refractivity contribution in [3.63, 3.8) is 0 Å². The van der Waals surface area contributed by atoms with Gasteiger partial charge in [0.2, 0.25) is 5.91 Å². The Balaban J connectivity index is 1.67. The van der Waals surface area contributed by atoms with Crippen LogP contribution in [-0.2, 0) is 0 Å². The first-order valence-corrected chi connectivity index (χ1v) is 7.24. The molecule has 0 saturated heterocycles. The highest BCUT2D eigenvalue weighted by atomic mass is 16.5. The van der Waals surface area contributed by atoms with Crippen LogP contribution in [0.4, 0.5) is 5.69 Å². The zero-order valence-electron chi connectivity index (χ0n) is 12.7. The normalized spacial score (nSPS) is 10.2. The van der Waals surface area contributed by atoms with Crippen molar-refractivity contribution >= 4 is 17.5 Å². The summed E-state index contributed by atoms with van der Waals surface area (Å²) in [6.45, 7) is 0. The van der Waals surface area contributed by atoms with Gasteiger partial charge in [-0.05, 0) is 54.6 Å². The van der Waals surface area contributed by atoms with Crippen molar-refractivity contribution in [3.8, 4) is 11.5 Å². The van der Waals surface area contributed by atoms with Gasteiger partial charge in [0, 0.05) is 17.4 Å². The first-order chi connectivity index (χ1) is 11.6. The van der Waals surface area contributed by atoms with Gasteiger partial charge in [0.05, 0.1) is 0 Å². The molecule has 0 atom stereocenters. The zero-order chi connectivity index (χ0) is 16.9. The fraction of sp³-hybridized carbons (Fsp3) is 0. The Kier molecular flexibility index (Phi) is 4.29. The van der Waals surface area contributed by atoms with E-state index in [1.807, 2.05) is 0 Å². The molecule has 2 aromatic carbocycles. The van der Waals surface area contributed by atoms with Gasteiger partial charge in [-0.2, -0.15) is 0 Å². The Labute approximate surface area is 138 Å². The number of primary amides is 1. The lowest BCUT2D eigenvalue weighted by Crippen LogP contribution is -2.11. The average molecular weight is 321 g/mol. The highest BCUT2D eigenvalue weighted by Crippen LogP contribution is 2.24. The Hall–Kier alpha value is -3.54. The van der Waals surface area contributed by atoms with Crippen molar-refractivity contribution in [2.24, 2.45) is 5.73 Å². The maximum absolute atomic E-state index is 11.9. The monoisotopic (exact) mass is 321 g/mol. The third-order valence-corrected chi connectivity index (χ3v) is 3.31. The molecule has 0 unspecified atom stereocenters. The molecule has 1 aromatic heterocycles. The number of carbonyl (C=O) groups is 2. The number of nitrogens with two attached hydrogens (primary N) is 1. The fourth-order valence-electron chi connectivity index (χ4n) is 2.13. The van der Waals surface area contributed by atoms with E-state index >= 15 is 0 Å². The van der Waals surface area contributed by atoms with E-state index in [1.165, 1.54) is 0 Å². The van der Waals surface area contributed by atoms with Gasteiger partial charge in [-0.1, -0.05) is 6.07 Å². The predicted octanol–water partition coefficient (Wildman–Crippen LogP) is 3.16. The van der Waals surface area contributed by atoms with Gasteiger partial charge in [-0.3, -0.25) is 9.59 Å². The van der Waals surface area contributed by atoms with Crippen LogP contribution >= 0.6 is 0 Å². The molecule has 6 heteroatoms. The van der Waals surface area contributed by atoms with Crippen LogP contribution in [-0.4, -0.2) is 16.8 Å². The largest absolute Gasteiger partial charge is 0.457 e. The number of anilines is 1. The highest BCUT2D eigenvalue weighted by Gasteiger charge is 2.07. The predicted molar refractivity (Wildman–Crippen MR) is 90.2 cm³/mol. The lowest BCUT2D eigenvalue weighted by molar-refractivity contribution is 0.0997. The molecule has 6 nitrogen and oxygen atoms in total. The van der Waals surface area contributed by atoms with Crippen LogP contribution in [0, 0.1) is 0 Å². The number of amides is 2. The molecule has 0 fully saturated rings. The van der Waals surface area contributed by atoms with Crippen LogP contribution in [0.1, 0.15) is 20.8 Å². The van der Waals surface area contributed by atoms with E-state index < -0.39 is 5.91 Å². The summed E-state index contributed by atoms with van der Waals surface area (Å²) in [6, 6.07) is 17.0. The number of aromatic nitrogens is 1. The summed E-state index contributed by atoms with van der Waals surface area (Å²) in [4.78, 5) is 26.0. The van der Waals surface area contributed by atoms with Gasteiger partial charge in [-0.15, -0.1) is 0 Å². The smallest absolute Gasteiger partial charge is 0.272 e. The molecule has 3 aromatic rings. The van der Waals surface area contributed by atoms with Gasteiger partial charge in [0.1, 0.15) is 17.2 Å². The van der Waals surface area contributed by atoms with Crippen LogP contribution < -0.4 is 15.8 Å². The molecule has 2 amide bonds. The second kappa shape index (κ2) is 6.70. The molecule has 0 saturated carbocycles. The van der Waals surface area contributed by atoms with E-state index in [9.17, 15) is 9.59 Å². The summed E-state index contributed by atoms with van der Waals surface area (Å²) in [6.07, 6.45) is 1.69. The van der Waals surface area contributed by atoms with Gasteiger partial charge >= 0.3 is 0 Å². The second-order valence-electron chi connectivity index (χ2n) is 5.06. The van der Waals surface area contributed by atoms with Crippen LogP contribution in [0.25, 0.3) is 0 Å². The molecule has 0 spiro atoms. The summed E-state index contributed by atoms with van der Waals surface area (Å²) >= 11 is 0. The number of nitrogens with one attached hydrogen (secondary N) is 2. The fourth-order valence-corrected chi connectivity index (χ4v) is 2.13. The molecule has 1 heterocycles. The second-order valence-corrected chi connectivity index (χ2v) is 5.06. The minimum atomic E-state index is -0.511. The number of benzene rings is 2. The number of ether oxygens (including phenoxy) is 1. The number of carbonyl (C=O) groups excluding carboxylic acids is 2. The number of rotatable bonds is 5. The molecule has 120 valence electrons. The van der Waals surface area contributed by atoms with Crippen molar-refractivity contribution in [3.05, 3.63) is 78.1 Å². The topological polar surface area (TPSA) is 97.2 Å². The zero-order valence-corrected chi connectivity index (χ0v) is 12.7. The van der Waals surface area contributed by atoms with Crippen molar-refractivity contribution in [2.45, 2.75) is 0 Å². The number of aromatic amines is 1. The van der Waals surface area contributed by atoms with E-state index in [0.717, 1.165) is 0 Å². The van der Waals surface area contributed by atoms with Crippen LogP contribution in [0.5, 0.6) is 11.5 Å². The first-order valence-electron chi connectivity index (χ1n) is 7.24. The number of hydrogen-bond acceptors (Lipinski definition) is 3. The molecular formula is C18H15N3O3. The van der Waals surface area contributed by atoms with Gasteiger partial charge in [-0.25, -0.2) is 0 Å². The van der Waals surface area contributed by atoms with Crippen LogP contribution in [0.2, 0.25) is 0 Å². The summed E-state index contributed by atoms with van der Waals surface area (Å²) in [5.41, 5.74) is 6.75. The first kappa shape index (κ1) is 15.4.